The summed E-state index contributed by atoms with van der Waals surface area (Å²) in [6, 6.07) is 10.1. The third-order valence-electron chi connectivity index (χ3n) is 11.3. The highest BCUT2D eigenvalue weighted by Gasteiger charge is 2.17. The molecule has 0 aliphatic rings. The summed E-state index contributed by atoms with van der Waals surface area (Å²) in [4.78, 5) is 0. The smallest absolute Gasteiger partial charge is 0.0849 e. The molecule has 2 rings (SSSR count). The Morgan fingerprint density at radius 2 is 0.549 bits per heavy atom. The molecule has 0 unspecified atom stereocenters. The third-order valence-corrected chi connectivity index (χ3v) is 11.3. The van der Waals surface area contributed by atoms with Gasteiger partial charge in [-0.2, -0.15) is 0 Å². The predicted molar refractivity (Wildman–Crippen MR) is 232 cm³/mol. The monoisotopic (exact) mass is 703 g/mol. The normalized spacial score (nSPS) is 11.4. The minimum atomic E-state index is 0.812. The molecule has 2 aromatic rings. The summed E-state index contributed by atoms with van der Waals surface area (Å²) >= 11 is 0. The second-order valence-electron chi connectivity index (χ2n) is 15.9. The highest BCUT2D eigenvalue weighted by molar-refractivity contribution is 5.64. The molecular formula is C49H86N2. The summed E-state index contributed by atoms with van der Waals surface area (Å²) < 4.78 is 0. The average Bonchev–Trinajstić information content (AvgIpc) is 3.14. The van der Waals surface area contributed by atoms with Gasteiger partial charge in [-0.05, 0) is 110 Å². The standard InChI is InChI=1S/C49H86N2/c1-7-13-19-25-31-42-37-39-44(33-27-21-15-9-3)48(46(42)35-29-23-17-11-5)50-41-51-49-45(34-28-22-16-10-4)40-38-43(32-26-20-14-8-2)47(49)36-30-24-18-12-6/h37-40,50-51H,7-36,41H2,1-6H3. The van der Waals surface area contributed by atoms with Crippen LogP contribution in [0.4, 0.5) is 11.4 Å². The van der Waals surface area contributed by atoms with Gasteiger partial charge in [0.05, 0.1) is 6.67 Å². The van der Waals surface area contributed by atoms with Crippen molar-refractivity contribution >= 4 is 11.4 Å². The lowest BCUT2D eigenvalue weighted by Crippen LogP contribution is -2.18. The van der Waals surface area contributed by atoms with E-state index in [-0.39, 0.29) is 0 Å². The fourth-order valence-corrected chi connectivity index (χ4v) is 8.02. The second-order valence-corrected chi connectivity index (χ2v) is 15.9. The Balaban J connectivity index is 2.48. The second kappa shape index (κ2) is 30.5. The van der Waals surface area contributed by atoms with Gasteiger partial charge in [-0.1, -0.05) is 181 Å². The van der Waals surface area contributed by atoms with Crippen molar-refractivity contribution in [3.8, 4) is 0 Å². The summed E-state index contributed by atoms with van der Waals surface area (Å²) in [6.45, 7) is 14.8. The molecule has 0 aliphatic heterocycles. The average molecular weight is 703 g/mol. The first-order chi connectivity index (χ1) is 25.1. The molecule has 0 saturated carbocycles. The quantitative estimate of drug-likeness (QED) is 0.0560. The number of anilines is 2. The van der Waals surface area contributed by atoms with Crippen LogP contribution in [0.15, 0.2) is 24.3 Å². The van der Waals surface area contributed by atoms with E-state index < -0.39 is 0 Å². The number of hydrogen-bond donors (Lipinski definition) is 2. The molecule has 51 heavy (non-hydrogen) atoms. The van der Waals surface area contributed by atoms with Gasteiger partial charge in [0.25, 0.3) is 0 Å². The molecule has 2 nitrogen and oxygen atoms in total. The molecule has 0 saturated heterocycles. The molecule has 0 fully saturated rings. The van der Waals surface area contributed by atoms with Gasteiger partial charge in [-0.3, -0.25) is 0 Å². The predicted octanol–water partition coefficient (Wildman–Crippen LogP) is 15.9. The lowest BCUT2D eigenvalue weighted by molar-refractivity contribution is 0.648. The van der Waals surface area contributed by atoms with Gasteiger partial charge in [-0.25, -0.2) is 0 Å². The molecule has 2 N–H and O–H groups in total. The topological polar surface area (TPSA) is 24.1 Å². The van der Waals surface area contributed by atoms with E-state index in [2.05, 4.69) is 76.4 Å². The maximum absolute atomic E-state index is 4.13. The first-order valence-corrected chi connectivity index (χ1v) is 22.9. The van der Waals surface area contributed by atoms with Crippen LogP contribution in [0, 0.1) is 0 Å². The molecule has 0 aromatic heterocycles. The van der Waals surface area contributed by atoms with Crippen LogP contribution in [0.5, 0.6) is 0 Å². The minimum absolute atomic E-state index is 0.812. The first-order valence-electron chi connectivity index (χ1n) is 22.9. The minimum Gasteiger partial charge on any atom is -0.367 e. The fourth-order valence-electron chi connectivity index (χ4n) is 8.02. The summed E-state index contributed by atoms with van der Waals surface area (Å²) in [5.74, 6) is 0. The van der Waals surface area contributed by atoms with Crippen molar-refractivity contribution in [1.82, 2.24) is 0 Å². The lowest BCUT2D eigenvalue weighted by atomic mass is 9.90. The number of benzene rings is 2. The van der Waals surface area contributed by atoms with Crippen LogP contribution in [-0.4, -0.2) is 6.67 Å². The molecule has 0 amide bonds. The van der Waals surface area contributed by atoms with Crippen LogP contribution in [0.2, 0.25) is 0 Å². The van der Waals surface area contributed by atoms with E-state index in [1.807, 2.05) is 0 Å². The van der Waals surface area contributed by atoms with E-state index in [4.69, 9.17) is 0 Å². The van der Waals surface area contributed by atoms with Crippen LogP contribution < -0.4 is 10.6 Å². The van der Waals surface area contributed by atoms with Gasteiger partial charge in [0.1, 0.15) is 0 Å². The Hall–Kier alpha value is -1.96. The van der Waals surface area contributed by atoms with Crippen LogP contribution in [0.3, 0.4) is 0 Å². The van der Waals surface area contributed by atoms with Crippen LogP contribution in [0.25, 0.3) is 0 Å². The Bertz CT molecular complexity index is 1030. The SMILES string of the molecule is CCCCCCc1ccc(CCCCCC)c(NCNc2c(CCCCCC)ccc(CCCCCC)c2CCCCCC)c1CCCCCC. The zero-order valence-corrected chi connectivity index (χ0v) is 35.2. The molecule has 0 heterocycles. The Kier molecular flexibility index (Phi) is 27.0. The lowest BCUT2D eigenvalue weighted by Gasteiger charge is -2.24. The number of rotatable bonds is 34. The van der Waals surface area contributed by atoms with E-state index in [9.17, 15) is 0 Å². The van der Waals surface area contributed by atoms with Gasteiger partial charge >= 0.3 is 0 Å². The summed E-state index contributed by atoms with van der Waals surface area (Å²) in [5.41, 5.74) is 12.6. The maximum Gasteiger partial charge on any atom is 0.0849 e. The third kappa shape index (κ3) is 18.6. The number of nitrogens with one attached hydrogen (secondary N) is 2. The van der Waals surface area contributed by atoms with Crippen molar-refractivity contribution in [3.63, 3.8) is 0 Å². The van der Waals surface area contributed by atoms with E-state index >= 15 is 0 Å². The molecule has 0 radical (unpaired) electrons. The van der Waals surface area contributed by atoms with E-state index in [1.165, 1.54) is 204 Å². The molecule has 2 aromatic carbocycles. The van der Waals surface area contributed by atoms with Crippen LogP contribution in [0.1, 0.15) is 229 Å². The Morgan fingerprint density at radius 1 is 0.294 bits per heavy atom. The van der Waals surface area contributed by atoms with Gasteiger partial charge < -0.3 is 10.6 Å². The van der Waals surface area contributed by atoms with Crippen LogP contribution in [-0.2, 0) is 38.5 Å². The fraction of sp³-hybridized carbons (Fsp3) is 0.755. The number of hydrogen-bond acceptors (Lipinski definition) is 2. The van der Waals surface area contributed by atoms with Crippen LogP contribution >= 0.6 is 0 Å². The number of aryl methyl sites for hydroxylation is 4. The van der Waals surface area contributed by atoms with Crippen molar-refractivity contribution in [2.24, 2.45) is 0 Å². The highest BCUT2D eigenvalue weighted by atomic mass is 15.1. The summed E-state index contributed by atoms with van der Waals surface area (Å²) in [5, 5.41) is 8.26. The highest BCUT2D eigenvalue weighted by Crippen LogP contribution is 2.33. The van der Waals surface area contributed by atoms with Crippen molar-refractivity contribution < 1.29 is 0 Å². The molecular weight excluding hydrogens is 617 g/mol. The van der Waals surface area contributed by atoms with Crippen molar-refractivity contribution in [1.29, 1.82) is 0 Å². The van der Waals surface area contributed by atoms with Crippen molar-refractivity contribution in [3.05, 3.63) is 57.6 Å². The summed E-state index contributed by atoms with van der Waals surface area (Å²) in [6.07, 6.45) is 39.1. The van der Waals surface area contributed by atoms with E-state index in [0.717, 1.165) is 6.67 Å². The first kappa shape index (κ1) is 45.2. The van der Waals surface area contributed by atoms with E-state index in [0.29, 0.717) is 0 Å². The molecule has 0 aliphatic carbocycles. The molecule has 2 heteroatoms. The molecule has 0 bridgehead atoms. The largest absolute Gasteiger partial charge is 0.367 e. The van der Waals surface area contributed by atoms with Gasteiger partial charge in [0.2, 0.25) is 0 Å². The van der Waals surface area contributed by atoms with Gasteiger partial charge in [0, 0.05) is 11.4 Å². The van der Waals surface area contributed by atoms with Crippen molar-refractivity contribution in [2.45, 2.75) is 234 Å². The molecule has 0 spiro atoms. The van der Waals surface area contributed by atoms with Gasteiger partial charge in [-0.15, -0.1) is 0 Å². The zero-order valence-electron chi connectivity index (χ0n) is 35.2. The zero-order chi connectivity index (χ0) is 36.8. The maximum atomic E-state index is 4.13. The van der Waals surface area contributed by atoms with Crippen molar-refractivity contribution in [2.75, 3.05) is 17.3 Å². The summed E-state index contributed by atoms with van der Waals surface area (Å²) in [7, 11) is 0. The van der Waals surface area contributed by atoms with E-state index in [1.54, 1.807) is 33.4 Å². The number of unbranched alkanes of at least 4 members (excludes halogenated alkanes) is 18. The Labute approximate surface area is 319 Å². The molecule has 292 valence electrons. The molecule has 0 atom stereocenters. The van der Waals surface area contributed by atoms with Gasteiger partial charge in [0.15, 0.2) is 0 Å². The Morgan fingerprint density at radius 3 is 0.843 bits per heavy atom.